The van der Waals surface area contributed by atoms with Crippen molar-refractivity contribution in [2.75, 3.05) is 0 Å². The van der Waals surface area contributed by atoms with E-state index in [1.54, 1.807) is 24.5 Å². The molecule has 0 bridgehead atoms. The Labute approximate surface area is 145 Å². The quantitative estimate of drug-likeness (QED) is 0.767. The van der Waals surface area contributed by atoms with Crippen LogP contribution < -0.4 is 11.0 Å². The second-order valence-electron chi connectivity index (χ2n) is 5.83. The minimum atomic E-state index is -0.553. The first-order valence-electron chi connectivity index (χ1n) is 7.89. The number of carbonyl (C=O) groups excluding carboxylic acids is 1. The Morgan fingerprint density at radius 3 is 2.72 bits per heavy atom. The van der Waals surface area contributed by atoms with Crippen LogP contribution in [0.3, 0.4) is 0 Å². The fourth-order valence-corrected chi connectivity index (χ4v) is 2.41. The predicted molar refractivity (Wildman–Crippen MR) is 95.2 cm³/mol. The third-order valence-electron chi connectivity index (χ3n) is 3.97. The van der Waals surface area contributed by atoms with Crippen molar-refractivity contribution in [2.45, 2.75) is 20.4 Å². The number of rotatable bonds is 4. The summed E-state index contributed by atoms with van der Waals surface area (Å²) in [5.41, 5.74) is 4.03. The van der Waals surface area contributed by atoms with Crippen LogP contribution in [0.4, 0.5) is 0 Å². The summed E-state index contributed by atoms with van der Waals surface area (Å²) in [6.45, 7) is 4.34. The molecule has 2 N–H and O–H groups in total. The third kappa shape index (κ3) is 3.98. The Kier molecular flexibility index (Phi) is 4.70. The van der Waals surface area contributed by atoms with Gasteiger partial charge >= 0.3 is 5.69 Å². The number of hydrogen-bond donors (Lipinski definition) is 2. The van der Waals surface area contributed by atoms with Crippen LogP contribution >= 0.6 is 0 Å². The van der Waals surface area contributed by atoms with Gasteiger partial charge in [-0.05, 0) is 48.7 Å². The van der Waals surface area contributed by atoms with Crippen LogP contribution in [0.25, 0.3) is 11.3 Å². The minimum absolute atomic E-state index is 0.178. The zero-order chi connectivity index (χ0) is 17.8. The summed E-state index contributed by atoms with van der Waals surface area (Å²) in [5, 5.41) is 2.76. The van der Waals surface area contributed by atoms with Gasteiger partial charge in [0.2, 0.25) is 0 Å². The number of H-pyrrole nitrogens is 1. The maximum atomic E-state index is 12.3. The molecule has 0 radical (unpaired) electrons. The number of amides is 1. The van der Waals surface area contributed by atoms with E-state index in [9.17, 15) is 9.59 Å². The fourth-order valence-electron chi connectivity index (χ4n) is 2.41. The average Bonchev–Trinajstić information content (AvgIpc) is 2.62. The highest BCUT2D eigenvalue weighted by Gasteiger charge is 2.11. The third-order valence-corrected chi connectivity index (χ3v) is 3.97. The maximum absolute atomic E-state index is 12.3. The highest BCUT2D eigenvalue weighted by atomic mass is 16.2. The van der Waals surface area contributed by atoms with Crippen molar-refractivity contribution in [3.8, 4) is 11.3 Å². The van der Waals surface area contributed by atoms with E-state index in [0.29, 0.717) is 12.2 Å². The molecule has 3 aromatic rings. The Morgan fingerprint density at radius 1 is 1.16 bits per heavy atom. The topological polar surface area (TPSA) is 87.7 Å². The van der Waals surface area contributed by atoms with Crippen LogP contribution in [0.1, 0.15) is 27.2 Å². The summed E-state index contributed by atoms with van der Waals surface area (Å²) < 4.78 is 0. The average molecular weight is 334 g/mol. The van der Waals surface area contributed by atoms with Gasteiger partial charge in [-0.3, -0.25) is 9.78 Å². The first-order valence-corrected chi connectivity index (χ1v) is 7.89. The molecule has 0 saturated carbocycles. The smallest absolute Gasteiger partial charge is 0.346 e. The Bertz CT molecular complexity index is 965. The Hall–Kier alpha value is -3.28. The summed E-state index contributed by atoms with van der Waals surface area (Å²) in [5.74, 6) is -0.367. The summed E-state index contributed by atoms with van der Waals surface area (Å²) >= 11 is 0. The lowest BCUT2D eigenvalue weighted by Gasteiger charge is -2.08. The molecule has 0 aliphatic carbocycles. The van der Waals surface area contributed by atoms with E-state index in [4.69, 9.17) is 0 Å². The number of aryl methyl sites for hydroxylation is 2. The number of aromatic amines is 1. The summed E-state index contributed by atoms with van der Waals surface area (Å²) in [4.78, 5) is 34.7. The first-order chi connectivity index (χ1) is 12.0. The number of carbonyl (C=O) groups is 1. The van der Waals surface area contributed by atoms with Gasteiger partial charge in [0, 0.05) is 24.5 Å². The van der Waals surface area contributed by atoms with Gasteiger partial charge < -0.3 is 10.3 Å². The van der Waals surface area contributed by atoms with Crippen LogP contribution in [0.2, 0.25) is 0 Å². The molecule has 0 unspecified atom stereocenters. The lowest BCUT2D eigenvalue weighted by molar-refractivity contribution is 0.0945. The molecule has 25 heavy (non-hydrogen) atoms. The number of nitrogens with one attached hydrogen (secondary N) is 2. The van der Waals surface area contributed by atoms with Crippen molar-refractivity contribution < 1.29 is 4.79 Å². The van der Waals surface area contributed by atoms with Crippen molar-refractivity contribution in [2.24, 2.45) is 0 Å². The van der Waals surface area contributed by atoms with Crippen LogP contribution in [-0.4, -0.2) is 20.9 Å². The van der Waals surface area contributed by atoms with E-state index < -0.39 is 5.69 Å². The van der Waals surface area contributed by atoms with Gasteiger partial charge in [0.05, 0.1) is 5.69 Å². The van der Waals surface area contributed by atoms with E-state index in [-0.39, 0.29) is 11.6 Å². The molecule has 1 aromatic carbocycles. The molecule has 0 atom stereocenters. The van der Waals surface area contributed by atoms with Crippen molar-refractivity contribution in [1.82, 2.24) is 20.3 Å². The molecule has 3 rings (SSSR count). The second kappa shape index (κ2) is 7.09. The first kappa shape index (κ1) is 16.6. The zero-order valence-corrected chi connectivity index (χ0v) is 14.0. The predicted octanol–water partition coefficient (Wildman–Crippen LogP) is 2.38. The van der Waals surface area contributed by atoms with Gasteiger partial charge in [-0.15, -0.1) is 0 Å². The van der Waals surface area contributed by atoms with E-state index >= 15 is 0 Å². The zero-order valence-electron chi connectivity index (χ0n) is 14.0. The normalized spacial score (nSPS) is 10.5. The number of nitrogens with zero attached hydrogens (tertiary/aromatic N) is 2. The molecular weight excluding hydrogens is 316 g/mol. The summed E-state index contributed by atoms with van der Waals surface area (Å²) in [6, 6.07) is 11.1. The molecule has 6 nitrogen and oxygen atoms in total. The van der Waals surface area contributed by atoms with Crippen LogP contribution in [0.15, 0.2) is 53.6 Å². The second-order valence-corrected chi connectivity index (χ2v) is 5.83. The summed E-state index contributed by atoms with van der Waals surface area (Å²) in [6.07, 6.45) is 3.34. The largest absolute Gasteiger partial charge is 0.347 e. The van der Waals surface area contributed by atoms with Crippen LogP contribution in [0.5, 0.6) is 0 Å². The Balaban J connectivity index is 1.84. The van der Waals surface area contributed by atoms with Gasteiger partial charge in [0.15, 0.2) is 0 Å². The molecular formula is C19H18N4O2. The molecule has 1 amide bonds. The van der Waals surface area contributed by atoms with Gasteiger partial charge in [0.1, 0.15) is 5.69 Å². The lowest BCUT2D eigenvalue weighted by atomic mass is 10.0. The van der Waals surface area contributed by atoms with Gasteiger partial charge in [-0.25, -0.2) is 4.79 Å². The van der Waals surface area contributed by atoms with Crippen molar-refractivity contribution in [3.05, 3.63) is 81.7 Å². The standard InChI is InChI=1S/C19H18N4O2/c1-12-5-6-15(8-13(12)2)16-9-17(23-19(25)22-16)18(24)21-11-14-4-3-7-20-10-14/h3-10H,11H2,1-2H3,(H,21,24)(H,22,23,25). The molecule has 126 valence electrons. The van der Waals surface area contributed by atoms with Gasteiger partial charge in [0.25, 0.3) is 5.91 Å². The Morgan fingerprint density at radius 2 is 2.00 bits per heavy atom. The maximum Gasteiger partial charge on any atom is 0.346 e. The van der Waals surface area contributed by atoms with Crippen molar-refractivity contribution in [1.29, 1.82) is 0 Å². The fraction of sp³-hybridized carbons (Fsp3) is 0.158. The molecule has 0 aliphatic rings. The SMILES string of the molecule is Cc1ccc(-c2cc(C(=O)NCc3cccnc3)[nH]c(=O)n2)cc1C. The highest BCUT2D eigenvalue weighted by molar-refractivity contribution is 5.93. The van der Waals surface area contributed by atoms with E-state index in [2.05, 4.69) is 20.3 Å². The van der Waals surface area contributed by atoms with Crippen molar-refractivity contribution >= 4 is 5.91 Å². The van der Waals surface area contributed by atoms with Crippen molar-refractivity contribution in [3.63, 3.8) is 0 Å². The number of hydrogen-bond acceptors (Lipinski definition) is 4. The van der Waals surface area contributed by atoms with Gasteiger partial charge in [-0.1, -0.05) is 18.2 Å². The van der Waals surface area contributed by atoms with E-state index in [0.717, 1.165) is 22.3 Å². The minimum Gasteiger partial charge on any atom is -0.347 e. The molecule has 2 aromatic heterocycles. The number of aromatic nitrogens is 3. The monoisotopic (exact) mass is 334 g/mol. The molecule has 0 spiro atoms. The number of pyridine rings is 1. The molecule has 0 saturated heterocycles. The molecule has 2 heterocycles. The van der Waals surface area contributed by atoms with E-state index in [1.807, 2.05) is 38.1 Å². The highest BCUT2D eigenvalue weighted by Crippen LogP contribution is 2.19. The van der Waals surface area contributed by atoms with Gasteiger partial charge in [-0.2, -0.15) is 4.98 Å². The lowest BCUT2D eigenvalue weighted by Crippen LogP contribution is -2.27. The molecule has 6 heteroatoms. The summed E-state index contributed by atoms with van der Waals surface area (Å²) in [7, 11) is 0. The van der Waals surface area contributed by atoms with Crippen LogP contribution in [-0.2, 0) is 6.54 Å². The van der Waals surface area contributed by atoms with E-state index in [1.165, 1.54) is 0 Å². The number of benzene rings is 1. The van der Waals surface area contributed by atoms with Crippen LogP contribution in [0, 0.1) is 13.8 Å². The molecule has 0 fully saturated rings. The molecule has 0 aliphatic heterocycles.